The van der Waals surface area contributed by atoms with Crippen LogP contribution in [0.5, 0.6) is 0 Å². The van der Waals surface area contributed by atoms with Crippen LogP contribution >= 0.6 is 0 Å². The van der Waals surface area contributed by atoms with Crippen LogP contribution in [0.2, 0.25) is 0 Å². The van der Waals surface area contributed by atoms with Crippen molar-refractivity contribution in [1.82, 2.24) is 14.7 Å². The highest BCUT2D eigenvalue weighted by Gasteiger charge is 2.39. The maximum atomic E-state index is 13.2. The smallest absolute Gasteiger partial charge is 0.335 e. The van der Waals surface area contributed by atoms with Gasteiger partial charge in [0.05, 0.1) is 11.3 Å². The summed E-state index contributed by atoms with van der Waals surface area (Å²) in [4.78, 5) is 29.1. The highest BCUT2D eigenvalue weighted by Crippen LogP contribution is 2.48. The number of aromatic nitrogens is 2. The van der Waals surface area contributed by atoms with Gasteiger partial charge in [-0.1, -0.05) is 43.9 Å². The number of carboxylic acid groups (broad SMARTS) is 1. The van der Waals surface area contributed by atoms with E-state index in [1.165, 1.54) is 51.4 Å². The van der Waals surface area contributed by atoms with Crippen molar-refractivity contribution < 1.29 is 14.7 Å². The highest BCUT2D eigenvalue weighted by atomic mass is 16.4. The average molecular weight is 432 g/mol. The predicted molar refractivity (Wildman–Crippen MR) is 123 cm³/mol. The Labute approximate surface area is 187 Å². The Bertz CT molecular complexity index is 1170. The van der Waals surface area contributed by atoms with E-state index in [0.717, 1.165) is 12.5 Å². The molecular weight excluding hydrogens is 402 g/mol. The Morgan fingerprint density at radius 2 is 1.97 bits per heavy atom. The number of nitrogens with one attached hydrogen (secondary N) is 1. The lowest BCUT2D eigenvalue weighted by molar-refractivity contribution is 0.0696. The van der Waals surface area contributed by atoms with Gasteiger partial charge < -0.3 is 10.4 Å². The van der Waals surface area contributed by atoms with E-state index in [2.05, 4.69) is 10.3 Å². The van der Waals surface area contributed by atoms with E-state index in [9.17, 15) is 14.7 Å². The summed E-state index contributed by atoms with van der Waals surface area (Å²) in [5.74, 6) is -0.231. The molecule has 2 N–H and O–H groups in total. The molecular formula is C26H29N3O3. The molecule has 166 valence electrons. The third kappa shape index (κ3) is 4.01. The molecule has 2 aliphatic rings. The van der Waals surface area contributed by atoms with Gasteiger partial charge in [0.25, 0.3) is 5.91 Å². The van der Waals surface area contributed by atoms with Gasteiger partial charge in [0.2, 0.25) is 0 Å². The third-order valence-electron chi connectivity index (χ3n) is 7.38. The molecule has 0 radical (unpaired) electrons. The number of hydrogen-bond donors (Lipinski definition) is 2. The molecule has 2 atom stereocenters. The van der Waals surface area contributed by atoms with E-state index in [-0.39, 0.29) is 16.9 Å². The van der Waals surface area contributed by atoms with Crippen molar-refractivity contribution in [2.45, 2.75) is 51.4 Å². The zero-order chi connectivity index (χ0) is 22.1. The summed E-state index contributed by atoms with van der Waals surface area (Å²) >= 11 is 0. The first-order chi connectivity index (χ1) is 15.5. The van der Waals surface area contributed by atoms with Gasteiger partial charge in [0.15, 0.2) is 0 Å². The predicted octanol–water partition coefficient (Wildman–Crippen LogP) is 5.18. The van der Waals surface area contributed by atoms with Crippen molar-refractivity contribution in [1.29, 1.82) is 0 Å². The van der Waals surface area contributed by atoms with E-state index in [1.54, 1.807) is 22.6 Å². The van der Waals surface area contributed by atoms with E-state index in [1.807, 2.05) is 30.5 Å². The van der Waals surface area contributed by atoms with E-state index >= 15 is 0 Å². The van der Waals surface area contributed by atoms with Crippen LogP contribution < -0.4 is 5.32 Å². The largest absolute Gasteiger partial charge is 0.478 e. The molecule has 0 saturated heterocycles. The fourth-order valence-electron chi connectivity index (χ4n) is 5.66. The quantitative estimate of drug-likeness (QED) is 0.583. The molecule has 2 saturated carbocycles. The number of imidazole rings is 1. The second-order valence-electron chi connectivity index (χ2n) is 9.54. The average Bonchev–Trinajstić information content (AvgIpc) is 3.42. The molecule has 6 nitrogen and oxygen atoms in total. The summed E-state index contributed by atoms with van der Waals surface area (Å²) in [6, 6.07) is 12.2. The highest BCUT2D eigenvalue weighted by molar-refractivity contribution is 5.93. The second kappa shape index (κ2) is 8.41. The minimum Gasteiger partial charge on any atom is -0.478 e. The molecule has 6 heteroatoms. The summed E-state index contributed by atoms with van der Waals surface area (Å²) in [6.45, 7) is 0.737. The van der Waals surface area contributed by atoms with Gasteiger partial charge in [-0.3, -0.25) is 9.20 Å². The van der Waals surface area contributed by atoms with Crippen LogP contribution in [0.1, 0.15) is 72.2 Å². The standard InChI is InChI=1S/C26H29N3O3/c30-24(27-17-26-12-3-1-2-6-18(15-26)11-13-26)22-9-5-10-23-28-21(16-29(22)23)19-7-4-8-20(14-19)25(31)32/h4-5,7-10,14,16,18H,1-3,6,11-13,15,17H2,(H,27,30)(H,31,32). The van der Waals surface area contributed by atoms with Crippen LogP contribution in [-0.2, 0) is 0 Å². The number of fused-ring (bicyclic) bond motifs is 3. The molecule has 32 heavy (non-hydrogen) atoms. The Morgan fingerprint density at radius 3 is 2.84 bits per heavy atom. The number of nitrogens with zero attached hydrogens (tertiary/aromatic N) is 2. The summed E-state index contributed by atoms with van der Waals surface area (Å²) in [6.07, 6.45) is 12.1. The van der Waals surface area contributed by atoms with Crippen LogP contribution in [0.4, 0.5) is 0 Å². The molecule has 0 spiro atoms. The van der Waals surface area contributed by atoms with Crippen LogP contribution in [0.15, 0.2) is 48.7 Å². The number of rotatable bonds is 5. The number of amides is 1. The summed E-state index contributed by atoms with van der Waals surface area (Å²) in [5, 5.41) is 12.5. The van der Waals surface area contributed by atoms with Gasteiger partial charge in [0.1, 0.15) is 11.3 Å². The van der Waals surface area contributed by atoms with Crippen LogP contribution in [-0.4, -0.2) is 32.9 Å². The molecule has 2 aromatic heterocycles. The van der Waals surface area contributed by atoms with Crippen molar-refractivity contribution in [2.24, 2.45) is 11.3 Å². The maximum absolute atomic E-state index is 13.2. The number of benzene rings is 1. The molecule has 1 amide bonds. The summed E-state index contributed by atoms with van der Waals surface area (Å²) < 4.78 is 1.80. The topological polar surface area (TPSA) is 83.7 Å². The Balaban J connectivity index is 1.38. The molecule has 1 aromatic carbocycles. The number of aromatic carboxylic acids is 1. The molecule has 2 fully saturated rings. The number of carbonyl (C=O) groups is 2. The van der Waals surface area contributed by atoms with Gasteiger partial charge in [-0.25, -0.2) is 9.78 Å². The van der Waals surface area contributed by atoms with Gasteiger partial charge in [-0.15, -0.1) is 0 Å². The second-order valence-corrected chi connectivity index (χ2v) is 9.54. The van der Waals surface area contributed by atoms with Gasteiger partial charge in [-0.05, 0) is 61.3 Å². The fourth-order valence-corrected chi connectivity index (χ4v) is 5.66. The summed E-state index contributed by atoms with van der Waals surface area (Å²) in [5.41, 5.74) is 3.04. The number of hydrogen-bond acceptors (Lipinski definition) is 3. The zero-order valence-electron chi connectivity index (χ0n) is 18.2. The number of pyridine rings is 1. The minimum absolute atomic E-state index is 0.0845. The SMILES string of the molecule is O=C(O)c1cccc(-c2cn3c(C(=O)NCC45CCCCCC(CC4)C5)cccc3n2)c1. The molecule has 0 aliphatic heterocycles. The Kier molecular flexibility index (Phi) is 5.45. The molecule has 5 rings (SSSR count). The molecule has 3 aromatic rings. The Morgan fingerprint density at radius 1 is 1.09 bits per heavy atom. The van der Waals surface area contributed by atoms with E-state index < -0.39 is 5.97 Å². The zero-order valence-corrected chi connectivity index (χ0v) is 18.2. The fraction of sp³-hybridized carbons (Fsp3) is 0.423. The van der Waals surface area contributed by atoms with Gasteiger partial charge in [-0.2, -0.15) is 0 Å². The van der Waals surface area contributed by atoms with Crippen LogP contribution in [0, 0.1) is 11.3 Å². The molecule has 2 heterocycles. The molecule has 2 aliphatic carbocycles. The third-order valence-corrected chi connectivity index (χ3v) is 7.38. The van der Waals surface area contributed by atoms with Crippen LogP contribution in [0.3, 0.4) is 0 Å². The monoisotopic (exact) mass is 431 g/mol. The molecule has 2 bridgehead atoms. The van der Waals surface area contributed by atoms with Crippen molar-refractivity contribution in [3.05, 3.63) is 59.9 Å². The lowest BCUT2D eigenvalue weighted by Gasteiger charge is -2.31. The Hall–Kier alpha value is -3.15. The first-order valence-electron chi connectivity index (χ1n) is 11.6. The lowest BCUT2D eigenvalue weighted by Crippen LogP contribution is -2.37. The van der Waals surface area contributed by atoms with Gasteiger partial charge >= 0.3 is 5.97 Å². The van der Waals surface area contributed by atoms with Crippen molar-refractivity contribution in [3.8, 4) is 11.3 Å². The van der Waals surface area contributed by atoms with Gasteiger partial charge in [0, 0.05) is 18.3 Å². The summed E-state index contributed by atoms with van der Waals surface area (Å²) in [7, 11) is 0. The first kappa shape index (κ1) is 20.7. The maximum Gasteiger partial charge on any atom is 0.335 e. The minimum atomic E-state index is -0.974. The van der Waals surface area contributed by atoms with Crippen molar-refractivity contribution in [3.63, 3.8) is 0 Å². The number of carbonyl (C=O) groups excluding carboxylic acids is 1. The van der Waals surface area contributed by atoms with Crippen molar-refractivity contribution in [2.75, 3.05) is 6.54 Å². The van der Waals surface area contributed by atoms with Crippen LogP contribution in [0.25, 0.3) is 16.9 Å². The molecule has 2 unspecified atom stereocenters. The van der Waals surface area contributed by atoms with E-state index in [4.69, 9.17) is 0 Å². The first-order valence-corrected chi connectivity index (χ1v) is 11.6. The number of carboxylic acids is 1. The lowest BCUT2D eigenvalue weighted by atomic mass is 9.78. The van der Waals surface area contributed by atoms with E-state index in [0.29, 0.717) is 22.6 Å². The normalized spacial score (nSPS) is 22.9. The van der Waals surface area contributed by atoms with Crippen molar-refractivity contribution >= 4 is 17.5 Å².